The zero-order valence-corrected chi connectivity index (χ0v) is 14.9. The van der Waals surface area contributed by atoms with Crippen LogP contribution in [0.2, 0.25) is 0 Å². The number of anilines is 2. The van der Waals surface area contributed by atoms with Crippen LogP contribution in [0.1, 0.15) is 12.8 Å². The van der Waals surface area contributed by atoms with Gasteiger partial charge in [0.2, 0.25) is 5.95 Å². The van der Waals surface area contributed by atoms with E-state index in [4.69, 9.17) is 20.2 Å². The predicted molar refractivity (Wildman–Crippen MR) is 100 cm³/mol. The maximum atomic E-state index is 6.22. The highest BCUT2D eigenvalue weighted by atomic mass is 16.5. The number of nitrogen functional groups attached to an aromatic ring is 1. The number of aryl methyl sites for hydroxylation is 1. The molecule has 3 aromatic rings. The topological polar surface area (TPSA) is 100 Å². The zero-order valence-electron chi connectivity index (χ0n) is 14.9. The van der Waals surface area contributed by atoms with Crippen LogP contribution in [-0.4, -0.2) is 46.1 Å². The van der Waals surface area contributed by atoms with Gasteiger partial charge in [-0.25, -0.2) is 4.98 Å². The molecule has 2 aromatic heterocycles. The summed E-state index contributed by atoms with van der Waals surface area (Å²) in [7, 11) is 3.44. The van der Waals surface area contributed by atoms with Crippen LogP contribution in [0.3, 0.4) is 0 Å². The third-order valence-electron chi connectivity index (χ3n) is 4.59. The molecule has 1 fully saturated rings. The van der Waals surface area contributed by atoms with Crippen molar-refractivity contribution >= 4 is 22.8 Å². The van der Waals surface area contributed by atoms with Crippen molar-refractivity contribution in [2.24, 2.45) is 7.05 Å². The second-order valence-corrected chi connectivity index (χ2v) is 6.35. The third kappa shape index (κ3) is 3.03. The van der Waals surface area contributed by atoms with E-state index in [1.54, 1.807) is 18.8 Å². The molecule has 3 heterocycles. The lowest BCUT2D eigenvalue weighted by molar-refractivity contribution is 0.120. The zero-order chi connectivity index (χ0) is 18.1. The molecule has 8 nitrogen and oxygen atoms in total. The van der Waals surface area contributed by atoms with Gasteiger partial charge in [-0.05, 0) is 25.0 Å². The first-order valence-electron chi connectivity index (χ1n) is 8.66. The molecule has 1 aliphatic rings. The largest absolute Gasteiger partial charge is 0.497 e. The van der Waals surface area contributed by atoms with Gasteiger partial charge in [0, 0.05) is 25.8 Å². The molecule has 4 rings (SSSR count). The van der Waals surface area contributed by atoms with Gasteiger partial charge in [0.25, 0.3) is 0 Å². The molecule has 8 heteroatoms. The first kappa shape index (κ1) is 16.6. The van der Waals surface area contributed by atoms with Gasteiger partial charge in [-0.15, -0.1) is 0 Å². The van der Waals surface area contributed by atoms with Gasteiger partial charge in [-0.1, -0.05) is 12.1 Å². The molecule has 0 bridgehead atoms. The van der Waals surface area contributed by atoms with Gasteiger partial charge in [-0.2, -0.15) is 10.1 Å². The first-order valence-corrected chi connectivity index (χ1v) is 8.66. The number of nitrogens with one attached hydrogen (secondary N) is 1. The average Bonchev–Trinajstić information content (AvgIpc) is 3.28. The first-order chi connectivity index (χ1) is 12.7. The van der Waals surface area contributed by atoms with E-state index in [0.29, 0.717) is 24.0 Å². The molecular weight excluding hydrogens is 332 g/mol. The normalized spacial score (nSPS) is 16.9. The lowest BCUT2D eigenvalue weighted by atomic mass is 10.1. The standard InChI is InChI=1S/C18H22N6O2/c1-24-16(19)14-15(11-5-3-6-12(9-11)25-2)21-18(22-17(14)23-24)20-10-13-7-4-8-26-13/h3,5-6,9,13H,4,7-8,10,19H2,1-2H3,(H,20,22,23)/t13-/m0/s1. The van der Waals surface area contributed by atoms with Gasteiger partial charge < -0.3 is 20.5 Å². The molecule has 136 valence electrons. The monoisotopic (exact) mass is 354 g/mol. The van der Waals surface area contributed by atoms with Gasteiger partial charge in [0.15, 0.2) is 5.65 Å². The van der Waals surface area contributed by atoms with Gasteiger partial charge in [-0.3, -0.25) is 4.68 Å². The van der Waals surface area contributed by atoms with E-state index in [1.165, 1.54) is 0 Å². The Labute approximate surface area is 151 Å². The maximum Gasteiger partial charge on any atom is 0.225 e. The highest BCUT2D eigenvalue weighted by Crippen LogP contribution is 2.32. The molecule has 0 spiro atoms. The number of hydrogen-bond donors (Lipinski definition) is 2. The number of aromatic nitrogens is 4. The molecule has 1 aromatic carbocycles. The van der Waals surface area contributed by atoms with Crippen molar-refractivity contribution in [3.63, 3.8) is 0 Å². The van der Waals surface area contributed by atoms with Gasteiger partial charge >= 0.3 is 0 Å². The molecule has 1 saturated heterocycles. The Hall–Kier alpha value is -2.87. The van der Waals surface area contributed by atoms with Crippen LogP contribution in [0.4, 0.5) is 11.8 Å². The maximum absolute atomic E-state index is 6.22. The van der Waals surface area contributed by atoms with Crippen LogP contribution < -0.4 is 15.8 Å². The summed E-state index contributed by atoms with van der Waals surface area (Å²) in [5.41, 5.74) is 8.41. The lowest BCUT2D eigenvalue weighted by Gasteiger charge is -2.12. The lowest BCUT2D eigenvalue weighted by Crippen LogP contribution is -2.19. The van der Waals surface area contributed by atoms with Crippen LogP contribution in [0, 0.1) is 0 Å². The average molecular weight is 354 g/mol. The van der Waals surface area contributed by atoms with E-state index in [0.717, 1.165) is 41.8 Å². The molecule has 26 heavy (non-hydrogen) atoms. The Morgan fingerprint density at radius 3 is 3.04 bits per heavy atom. The van der Waals surface area contributed by atoms with Crippen LogP contribution in [0.5, 0.6) is 5.75 Å². The van der Waals surface area contributed by atoms with Gasteiger partial charge in [0.1, 0.15) is 11.6 Å². The van der Waals surface area contributed by atoms with E-state index in [1.807, 2.05) is 24.3 Å². The summed E-state index contributed by atoms with van der Waals surface area (Å²) < 4.78 is 12.6. The van der Waals surface area contributed by atoms with Crippen molar-refractivity contribution in [1.29, 1.82) is 0 Å². The number of fused-ring (bicyclic) bond motifs is 1. The van der Waals surface area contributed by atoms with Crippen molar-refractivity contribution in [2.45, 2.75) is 18.9 Å². The Bertz CT molecular complexity index is 933. The Morgan fingerprint density at radius 2 is 2.27 bits per heavy atom. The number of ether oxygens (including phenoxy) is 2. The van der Waals surface area contributed by atoms with Crippen molar-refractivity contribution in [3.05, 3.63) is 24.3 Å². The molecule has 0 unspecified atom stereocenters. The van der Waals surface area contributed by atoms with Crippen LogP contribution in [0.15, 0.2) is 24.3 Å². The summed E-state index contributed by atoms with van der Waals surface area (Å²) in [6.07, 6.45) is 2.34. The van der Waals surface area contributed by atoms with E-state index in [2.05, 4.69) is 15.4 Å². The summed E-state index contributed by atoms with van der Waals surface area (Å²) in [6.45, 7) is 1.49. The van der Waals surface area contributed by atoms with Crippen LogP contribution >= 0.6 is 0 Å². The summed E-state index contributed by atoms with van der Waals surface area (Å²) in [5, 5.41) is 8.44. The third-order valence-corrected chi connectivity index (χ3v) is 4.59. The van der Waals surface area contributed by atoms with Crippen LogP contribution in [-0.2, 0) is 11.8 Å². The predicted octanol–water partition coefficient (Wildman–Crippen LogP) is 2.21. The smallest absolute Gasteiger partial charge is 0.225 e. The Balaban J connectivity index is 1.77. The highest BCUT2D eigenvalue weighted by molar-refractivity contribution is 5.99. The second kappa shape index (κ2) is 6.80. The molecule has 0 aliphatic carbocycles. The van der Waals surface area contributed by atoms with E-state index in [9.17, 15) is 0 Å². The van der Waals surface area contributed by atoms with Crippen molar-refractivity contribution in [1.82, 2.24) is 19.7 Å². The molecule has 1 atom stereocenters. The fourth-order valence-electron chi connectivity index (χ4n) is 3.18. The van der Waals surface area contributed by atoms with Crippen molar-refractivity contribution < 1.29 is 9.47 Å². The number of benzene rings is 1. The van der Waals surface area contributed by atoms with Crippen LogP contribution in [0.25, 0.3) is 22.3 Å². The summed E-state index contributed by atoms with van der Waals surface area (Å²) in [4.78, 5) is 9.24. The fourth-order valence-corrected chi connectivity index (χ4v) is 3.18. The molecule has 0 amide bonds. The highest BCUT2D eigenvalue weighted by Gasteiger charge is 2.19. The van der Waals surface area contributed by atoms with Crippen molar-refractivity contribution in [3.8, 4) is 17.0 Å². The Morgan fingerprint density at radius 1 is 1.38 bits per heavy atom. The SMILES string of the molecule is COc1cccc(-c2nc(NC[C@@H]3CCCO3)nc3nn(C)c(N)c23)c1. The minimum atomic E-state index is 0.198. The number of rotatable bonds is 5. The number of nitrogens with two attached hydrogens (primary N) is 1. The Kier molecular flexibility index (Phi) is 4.34. The minimum absolute atomic E-state index is 0.198. The van der Waals surface area contributed by atoms with Crippen molar-refractivity contribution in [2.75, 3.05) is 31.3 Å². The molecule has 1 aliphatic heterocycles. The summed E-state index contributed by atoms with van der Waals surface area (Å²) in [6, 6.07) is 7.72. The molecule has 0 radical (unpaired) electrons. The number of nitrogens with zero attached hydrogens (tertiary/aromatic N) is 4. The molecular formula is C18H22N6O2. The van der Waals surface area contributed by atoms with Gasteiger partial charge in [0.05, 0.1) is 24.3 Å². The summed E-state index contributed by atoms with van der Waals surface area (Å²) in [5.74, 6) is 1.80. The fraction of sp³-hybridized carbons (Fsp3) is 0.389. The van der Waals surface area contributed by atoms with E-state index in [-0.39, 0.29) is 6.10 Å². The molecule has 3 N–H and O–H groups in total. The summed E-state index contributed by atoms with van der Waals surface area (Å²) >= 11 is 0. The minimum Gasteiger partial charge on any atom is -0.497 e. The van der Waals surface area contributed by atoms with E-state index >= 15 is 0 Å². The molecule has 0 saturated carbocycles. The number of methoxy groups -OCH3 is 1. The van der Waals surface area contributed by atoms with E-state index < -0.39 is 0 Å². The number of hydrogen-bond acceptors (Lipinski definition) is 7. The quantitative estimate of drug-likeness (QED) is 0.724. The second-order valence-electron chi connectivity index (χ2n) is 6.35.